The molecule has 0 bridgehead atoms. The van der Waals surface area contributed by atoms with Crippen molar-refractivity contribution in [2.75, 3.05) is 5.32 Å². The van der Waals surface area contributed by atoms with Gasteiger partial charge in [-0.05, 0) is 43.5 Å². The lowest BCUT2D eigenvalue weighted by molar-refractivity contribution is -0.123. The van der Waals surface area contributed by atoms with Gasteiger partial charge in [0.05, 0.1) is 11.1 Å². The Kier molecular flexibility index (Phi) is 5.45. The van der Waals surface area contributed by atoms with Crippen LogP contribution in [0.4, 0.5) is 5.69 Å². The zero-order chi connectivity index (χ0) is 19.4. The number of aryl methyl sites for hydroxylation is 2. The molecule has 1 atom stereocenters. The Bertz CT molecular complexity index is 996. The van der Waals surface area contributed by atoms with E-state index in [0.717, 1.165) is 23.2 Å². The van der Waals surface area contributed by atoms with Crippen molar-refractivity contribution in [1.82, 2.24) is 9.97 Å². The van der Waals surface area contributed by atoms with Gasteiger partial charge in [-0.25, -0.2) is 4.79 Å². The van der Waals surface area contributed by atoms with Gasteiger partial charge in [0.2, 0.25) is 0 Å². The van der Waals surface area contributed by atoms with Crippen molar-refractivity contribution in [3.63, 3.8) is 0 Å². The third kappa shape index (κ3) is 3.95. The molecule has 0 aliphatic carbocycles. The molecule has 2 aromatic carbocycles. The van der Waals surface area contributed by atoms with Crippen molar-refractivity contribution in [3.05, 3.63) is 65.5 Å². The fourth-order valence-corrected chi connectivity index (χ4v) is 2.86. The van der Waals surface area contributed by atoms with Crippen molar-refractivity contribution in [2.24, 2.45) is 0 Å². The van der Waals surface area contributed by atoms with Crippen LogP contribution in [0.5, 0.6) is 0 Å². The number of carbonyl (C=O) groups is 2. The van der Waals surface area contributed by atoms with E-state index in [1.165, 1.54) is 6.20 Å². The van der Waals surface area contributed by atoms with E-state index in [4.69, 9.17) is 4.74 Å². The molecule has 27 heavy (non-hydrogen) atoms. The van der Waals surface area contributed by atoms with E-state index >= 15 is 0 Å². The van der Waals surface area contributed by atoms with E-state index < -0.39 is 12.1 Å². The van der Waals surface area contributed by atoms with E-state index in [-0.39, 0.29) is 11.5 Å². The number of ether oxygens (including phenoxy) is 1. The van der Waals surface area contributed by atoms with Crippen molar-refractivity contribution in [3.8, 4) is 0 Å². The molecule has 0 fully saturated rings. The van der Waals surface area contributed by atoms with Crippen molar-refractivity contribution >= 4 is 28.6 Å². The fraction of sp³-hybridized carbons (Fsp3) is 0.238. The van der Waals surface area contributed by atoms with E-state index in [1.807, 2.05) is 32.0 Å². The van der Waals surface area contributed by atoms with Crippen LogP contribution in [0, 0.1) is 6.92 Å². The number of carbonyl (C=O) groups excluding carboxylic acids is 2. The molecule has 1 N–H and O–H groups in total. The maximum absolute atomic E-state index is 12.5. The summed E-state index contributed by atoms with van der Waals surface area (Å²) in [6, 6.07) is 10.9. The van der Waals surface area contributed by atoms with Gasteiger partial charge >= 0.3 is 5.97 Å². The third-order valence-electron chi connectivity index (χ3n) is 4.36. The largest absolute Gasteiger partial charge is 0.449 e. The molecule has 0 saturated heterocycles. The Balaban J connectivity index is 1.76. The molecular formula is C21H21N3O3. The Morgan fingerprint density at radius 1 is 1.11 bits per heavy atom. The highest BCUT2D eigenvalue weighted by Crippen LogP contribution is 2.22. The van der Waals surface area contributed by atoms with Gasteiger partial charge in [0.15, 0.2) is 6.10 Å². The minimum Gasteiger partial charge on any atom is -0.449 e. The topological polar surface area (TPSA) is 81.2 Å². The second kappa shape index (κ2) is 7.95. The standard InChI is InChI=1S/C21H21N3O3/c1-4-15-8-5-7-13(2)18(15)24-20(25)14(3)27-21(26)16-9-6-10-17-19(16)23-12-11-22-17/h5-12,14H,4H2,1-3H3,(H,24,25). The summed E-state index contributed by atoms with van der Waals surface area (Å²) in [6.07, 6.45) is 2.91. The predicted octanol–water partition coefficient (Wildman–Crippen LogP) is 3.68. The van der Waals surface area contributed by atoms with E-state index in [9.17, 15) is 9.59 Å². The first-order valence-electron chi connectivity index (χ1n) is 8.81. The number of nitrogens with zero attached hydrogens (tertiary/aromatic N) is 2. The third-order valence-corrected chi connectivity index (χ3v) is 4.36. The van der Waals surface area contributed by atoms with Crippen LogP contribution in [0.2, 0.25) is 0 Å². The lowest BCUT2D eigenvalue weighted by atomic mass is 10.1. The molecule has 1 aromatic heterocycles. The van der Waals surface area contributed by atoms with Crippen LogP contribution in [-0.2, 0) is 16.0 Å². The molecule has 138 valence electrons. The van der Waals surface area contributed by atoms with Crippen LogP contribution >= 0.6 is 0 Å². The van der Waals surface area contributed by atoms with Gasteiger partial charge in [-0.1, -0.05) is 31.2 Å². The molecule has 6 heteroatoms. The van der Waals surface area contributed by atoms with E-state index in [1.54, 1.807) is 31.3 Å². The number of para-hydroxylation sites is 2. The lowest BCUT2D eigenvalue weighted by Crippen LogP contribution is -2.30. The first-order valence-corrected chi connectivity index (χ1v) is 8.81. The number of amides is 1. The Hall–Kier alpha value is -3.28. The zero-order valence-corrected chi connectivity index (χ0v) is 15.5. The second-order valence-electron chi connectivity index (χ2n) is 6.23. The number of anilines is 1. The molecule has 1 unspecified atom stereocenters. The SMILES string of the molecule is CCc1cccc(C)c1NC(=O)C(C)OC(=O)c1cccc2nccnc12. The first-order chi connectivity index (χ1) is 13.0. The fourth-order valence-electron chi connectivity index (χ4n) is 2.86. The molecule has 3 rings (SSSR count). The van der Waals surface area contributed by atoms with Crippen molar-refractivity contribution < 1.29 is 14.3 Å². The molecule has 0 saturated carbocycles. The molecular weight excluding hydrogens is 342 g/mol. The summed E-state index contributed by atoms with van der Waals surface area (Å²) in [4.78, 5) is 33.5. The van der Waals surface area contributed by atoms with Gasteiger partial charge in [0, 0.05) is 18.1 Å². The zero-order valence-electron chi connectivity index (χ0n) is 15.5. The van der Waals surface area contributed by atoms with Gasteiger partial charge in [-0.2, -0.15) is 0 Å². The molecule has 1 heterocycles. The van der Waals surface area contributed by atoms with Crippen molar-refractivity contribution in [1.29, 1.82) is 0 Å². The monoisotopic (exact) mass is 363 g/mol. The van der Waals surface area contributed by atoms with E-state index in [0.29, 0.717) is 11.0 Å². The quantitative estimate of drug-likeness (QED) is 0.699. The minimum atomic E-state index is -0.950. The van der Waals surface area contributed by atoms with Crippen LogP contribution < -0.4 is 5.32 Å². The number of nitrogens with one attached hydrogen (secondary N) is 1. The van der Waals surface area contributed by atoms with E-state index in [2.05, 4.69) is 15.3 Å². The van der Waals surface area contributed by atoms with Gasteiger partial charge < -0.3 is 10.1 Å². The highest BCUT2D eigenvalue weighted by Gasteiger charge is 2.22. The maximum Gasteiger partial charge on any atom is 0.341 e. The molecule has 0 radical (unpaired) electrons. The summed E-state index contributed by atoms with van der Waals surface area (Å²) in [6.45, 7) is 5.50. The van der Waals surface area contributed by atoms with Crippen LogP contribution in [0.15, 0.2) is 48.8 Å². The average Bonchev–Trinajstić information content (AvgIpc) is 2.68. The van der Waals surface area contributed by atoms with Gasteiger partial charge in [0.25, 0.3) is 5.91 Å². The molecule has 0 aliphatic heterocycles. The summed E-state index contributed by atoms with van der Waals surface area (Å²) < 4.78 is 5.37. The minimum absolute atomic E-state index is 0.283. The second-order valence-corrected chi connectivity index (χ2v) is 6.23. The predicted molar refractivity (Wildman–Crippen MR) is 104 cm³/mol. The van der Waals surface area contributed by atoms with Crippen LogP contribution in [-0.4, -0.2) is 27.9 Å². The number of fused-ring (bicyclic) bond motifs is 1. The normalized spacial score (nSPS) is 11.8. The van der Waals surface area contributed by atoms with Crippen LogP contribution in [0.25, 0.3) is 11.0 Å². The number of hydrogen-bond acceptors (Lipinski definition) is 5. The average molecular weight is 363 g/mol. The Labute approximate surface area is 157 Å². The Morgan fingerprint density at radius 2 is 1.85 bits per heavy atom. The molecule has 6 nitrogen and oxygen atoms in total. The molecule has 1 amide bonds. The number of esters is 1. The number of rotatable bonds is 5. The summed E-state index contributed by atoms with van der Waals surface area (Å²) in [7, 11) is 0. The van der Waals surface area contributed by atoms with Gasteiger partial charge in [-0.15, -0.1) is 0 Å². The van der Waals surface area contributed by atoms with Gasteiger partial charge in [0.1, 0.15) is 5.52 Å². The Morgan fingerprint density at radius 3 is 2.63 bits per heavy atom. The maximum atomic E-state index is 12.5. The number of benzene rings is 2. The molecule has 0 aliphatic rings. The number of hydrogen-bond donors (Lipinski definition) is 1. The van der Waals surface area contributed by atoms with Crippen LogP contribution in [0.1, 0.15) is 35.3 Å². The number of aromatic nitrogens is 2. The van der Waals surface area contributed by atoms with Crippen LogP contribution in [0.3, 0.4) is 0 Å². The molecule has 0 spiro atoms. The highest BCUT2D eigenvalue weighted by molar-refractivity contribution is 6.03. The van der Waals surface area contributed by atoms with Gasteiger partial charge in [-0.3, -0.25) is 14.8 Å². The lowest BCUT2D eigenvalue weighted by Gasteiger charge is -2.17. The summed E-state index contributed by atoms with van der Waals surface area (Å²) >= 11 is 0. The summed E-state index contributed by atoms with van der Waals surface area (Å²) in [5.41, 5.74) is 4.09. The molecule has 3 aromatic rings. The first kappa shape index (κ1) is 18.5. The highest BCUT2D eigenvalue weighted by atomic mass is 16.5. The summed E-state index contributed by atoms with van der Waals surface area (Å²) in [5.74, 6) is -0.983. The smallest absolute Gasteiger partial charge is 0.341 e. The summed E-state index contributed by atoms with van der Waals surface area (Å²) in [5, 5.41) is 2.88. The van der Waals surface area contributed by atoms with Crippen molar-refractivity contribution in [2.45, 2.75) is 33.3 Å².